The number of hydrogen-bond acceptors (Lipinski definition) is 2. The fourth-order valence-electron chi connectivity index (χ4n) is 2.03. The maximum Gasteiger partial charge on any atom is 0.106 e. The minimum Gasteiger partial charge on any atom is -0.389 e. The lowest BCUT2D eigenvalue weighted by molar-refractivity contribution is 0.922. The van der Waals surface area contributed by atoms with Gasteiger partial charge in [-0.1, -0.05) is 49.3 Å². The first-order valence-electron chi connectivity index (χ1n) is 6.55. The summed E-state index contributed by atoms with van der Waals surface area (Å²) in [6.45, 7) is 2.17. The first kappa shape index (κ1) is 14.8. The molecule has 0 saturated heterocycles. The number of hydrogen-bond donors (Lipinski definition) is 2. The molecule has 2 rings (SSSR count). The zero-order valence-corrected chi connectivity index (χ0v) is 12.9. The second-order valence-electron chi connectivity index (χ2n) is 4.63. The van der Waals surface area contributed by atoms with Gasteiger partial charge in [0.1, 0.15) is 4.99 Å². The minimum absolute atomic E-state index is 0.331. The molecule has 104 valence electrons. The van der Waals surface area contributed by atoms with Crippen molar-refractivity contribution >= 4 is 40.2 Å². The molecule has 0 radical (unpaired) electrons. The molecule has 0 saturated carbocycles. The molecule has 3 N–H and O–H groups in total. The Morgan fingerprint density at radius 3 is 2.50 bits per heavy atom. The van der Waals surface area contributed by atoms with Crippen LogP contribution in [0.2, 0.25) is 5.02 Å². The van der Waals surface area contributed by atoms with Gasteiger partial charge in [-0.05, 0) is 42.3 Å². The molecule has 0 unspecified atom stereocenters. The summed E-state index contributed by atoms with van der Waals surface area (Å²) in [7, 11) is 0. The summed E-state index contributed by atoms with van der Waals surface area (Å²) >= 11 is 11.0. The molecule has 0 aromatic heterocycles. The Morgan fingerprint density at radius 2 is 1.90 bits per heavy atom. The van der Waals surface area contributed by atoms with Crippen molar-refractivity contribution in [1.82, 2.24) is 0 Å². The van der Waals surface area contributed by atoms with Crippen LogP contribution in [0.3, 0.4) is 0 Å². The maximum absolute atomic E-state index is 5.98. The minimum atomic E-state index is 0.331. The number of benzene rings is 2. The molecule has 0 atom stereocenters. The topological polar surface area (TPSA) is 38.0 Å². The van der Waals surface area contributed by atoms with E-state index in [0.717, 1.165) is 29.8 Å². The summed E-state index contributed by atoms with van der Waals surface area (Å²) in [5, 5.41) is 3.95. The van der Waals surface area contributed by atoms with Gasteiger partial charge in [0, 0.05) is 22.0 Å². The lowest BCUT2D eigenvalue weighted by atomic mass is 10.1. The highest BCUT2D eigenvalue weighted by molar-refractivity contribution is 7.80. The third-order valence-electron chi connectivity index (χ3n) is 3.02. The van der Waals surface area contributed by atoms with E-state index in [1.54, 1.807) is 6.07 Å². The Morgan fingerprint density at radius 1 is 1.20 bits per heavy atom. The van der Waals surface area contributed by atoms with Crippen LogP contribution in [-0.2, 0) is 6.42 Å². The third kappa shape index (κ3) is 3.71. The number of nitrogens with one attached hydrogen (secondary N) is 1. The van der Waals surface area contributed by atoms with Gasteiger partial charge in [-0.3, -0.25) is 0 Å². The second kappa shape index (κ2) is 6.73. The zero-order valence-electron chi connectivity index (χ0n) is 11.3. The predicted octanol–water partition coefficient (Wildman–Crippen LogP) is 4.67. The number of halogens is 1. The lowest BCUT2D eigenvalue weighted by Crippen LogP contribution is -2.11. The predicted molar refractivity (Wildman–Crippen MR) is 91.1 cm³/mol. The first-order valence-corrected chi connectivity index (χ1v) is 7.34. The van der Waals surface area contributed by atoms with Gasteiger partial charge in [-0.25, -0.2) is 0 Å². The van der Waals surface area contributed by atoms with Crippen molar-refractivity contribution in [3.05, 3.63) is 58.6 Å². The van der Waals surface area contributed by atoms with Crippen LogP contribution >= 0.6 is 23.8 Å². The summed E-state index contributed by atoms with van der Waals surface area (Å²) in [6.07, 6.45) is 2.24. The Balaban J connectivity index is 2.23. The van der Waals surface area contributed by atoms with E-state index in [1.165, 1.54) is 5.56 Å². The van der Waals surface area contributed by atoms with Crippen molar-refractivity contribution in [2.24, 2.45) is 5.73 Å². The van der Waals surface area contributed by atoms with Crippen LogP contribution in [0, 0.1) is 0 Å². The third-order valence-corrected chi connectivity index (χ3v) is 3.47. The van der Waals surface area contributed by atoms with Gasteiger partial charge >= 0.3 is 0 Å². The number of anilines is 2. The van der Waals surface area contributed by atoms with Crippen molar-refractivity contribution in [3.63, 3.8) is 0 Å². The van der Waals surface area contributed by atoms with Crippen LogP contribution in [0.4, 0.5) is 11.4 Å². The largest absolute Gasteiger partial charge is 0.389 e. The van der Waals surface area contributed by atoms with Gasteiger partial charge in [-0.2, -0.15) is 0 Å². The van der Waals surface area contributed by atoms with Crippen LogP contribution in [0.1, 0.15) is 24.5 Å². The molecule has 20 heavy (non-hydrogen) atoms. The first-order chi connectivity index (χ1) is 9.60. The quantitative estimate of drug-likeness (QED) is 0.788. The Bertz CT molecular complexity index is 608. The van der Waals surface area contributed by atoms with Crippen LogP contribution in [0.15, 0.2) is 42.5 Å². The van der Waals surface area contributed by atoms with Gasteiger partial charge in [0.25, 0.3) is 0 Å². The summed E-state index contributed by atoms with van der Waals surface area (Å²) in [6, 6.07) is 13.8. The van der Waals surface area contributed by atoms with E-state index < -0.39 is 0 Å². The van der Waals surface area contributed by atoms with E-state index in [-0.39, 0.29) is 0 Å². The molecule has 2 nitrogen and oxygen atoms in total. The average Bonchev–Trinajstić information content (AvgIpc) is 2.43. The highest BCUT2D eigenvalue weighted by atomic mass is 35.5. The van der Waals surface area contributed by atoms with Crippen molar-refractivity contribution in [3.8, 4) is 0 Å². The molecule has 0 aliphatic heterocycles. The van der Waals surface area contributed by atoms with E-state index in [0.29, 0.717) is 10.0 Å². The molecule has 0 heterocycles. The van der Waals surface area contributed by atoms with E-state index in [2.05, 4.69) is 36.5 Å². The fraction of sp³-hybridized carbons (Fsp3) is 0.188. The summed E-state index contributed by atoms with van der Waals surface area (Å²) in [5.41, 5.74) is 9.70. The number of nitrogens with two attached hydrogens (primary N) is 1. The van der Waals surface area contributed by atoms with Gasteiger partial charge in [0.05, 0.1) is 0 Å². The van der Waals surface area contributed by atoms with Crippen molar-refractivity contribution in [2.75, 3.05) is 5.32 Å². The average molecular weight is 305 g/mol. The molecular formula is C16H17ClN2S. The van der Waals surface area contributed by atoms with Crippen LogP contribution < -0.4 is 11.1 Å². The highest BCUT2D eigenvalue weighted by Crippen LogP contribution is 2.24. The summed E-state index contributed by atoms with van der Waals surface area (Å²) in [4.78, 5) is 0.331. The van der Waals surface area contributed by atoms with E-state index >= 15 is 0 Å². The highest BCUT2D eigenvalue weighted by Gasteiger charge is 2.06. The molecule has 0 aliphatic carbocycles. The van der Waals surface area contributed by atoms with Crippen LogP contribution in [0.25, 0.3) is 0 Å². The molecule has 2 aromatic carbocycles. The molecule has 2 aromatic rings. The number of thiocarbonyl (C=S) groups is 1. The normalized spacial score (nSPS) is 10.3. The van der Waals surface area contributed by atoms with Crippen molar-refractivity contribution < 1.29 is 0 Å². The molecule has 4 heteroatoms. The Hall–Kier alpha value is -1.58. The van der Waals surface area contributed by atoms with Crippen molar-refractivity contribution in [2.45, 2.75) is 19.8 Å². The molecular weight excluding hydrogens is 288 g/mol. The van der Waals surface area contributed by atoms with E-state index in [4.69, 9.17) is 29.6 Å². The van der Waals surface area contributed by atoms with Gasteiger partial charge < -0.3 is 11.1 Å². The monoisotopic (exact) mass is 304 g/mol. The Kier molecular flexibility index (Phi) is 4.99. The lowest BCUT2D eigenvalue weighted by Gasteiger charge is -2.12. The molecule has 0 amide bonds. The Labute approximate surface area is 130 Å². The molecule has 0 bridgehead atoms. The maximum atomic E-state index is 5.98. The van der Waals surface area contributed by atoms with Gasteiger partial charge in [0.2, 0.25) is 0 Å². The second-order valence-corrected chi connectivity index (χ2v) is 5.50. The molecule has 0 spiro atoms. The zero-order chi connectivity index (χ0) is 14.5. The van der Waals surface area contributed by atoms with Crippen molar-refractivity contribution in [1.29, 1.82) is 0 Å². The van der Waals surface area contributed by atoms with Gasteiger partial charge in [0.15, 0.2) is 0 Å². The van der Waals surface area contributed by atoms with Gasteiger partial charge in [-0.15, -0.1) is 0 Å². The standard InChI is InChI=1S/C16H17ClN2S/c1-2-3-11-4-7-13(8-5-11)19-15-9-6-12(17)10-14(15)16(18)20/h4-10,19H,2-3H2,1H3,(H2,18,20). The fourth-order valence-corrected chi connectivity index (χ4v) is 2.37. The summed E-state index contributed by atoms with van der Waals surface area (Å²) < 4.78 is 0. The number of rotatable bonds is 5. The number of aryl methyl sites for hydroxylation is 1. The molecule has 0 aliphatic rings. The smallest absolute Gasteiger partial charge is 0.106 e. The summed E-state index contributed by atoms with van der Waals surface area (Å²) in [5.74, 6) is 0. The molecule has 0 fully saturated rings. The van der Waals surface area contributed by atoms with Crippen LogP contribution in [0.5, 0.6) is 0 Å². The van der Waals surface area contributed by atoms with Crippen LogP contribution in [-0.4, -0.2) is 4.99 Å². The van der Waals surface area contributed by atoms with E-state index in [9.17, 15) is 0 Å². The SMILES string of the molecule is CCCc1ccc(Nc2ccc(Cl)cc2C(N)=S)cc1. The van der Waals surface area contributed by atoms with E-state index in [1.807, 2.05) is 12.1 Å².